The van der Waals surface area contributed by atoms with Crippen molar-refractivity contribution in [1.82, 2.24) is 14.6 Å². The Morgan fingerprint density at radius 2 is 2.31 bits per heavy atom. The van der Waals surface area contributed by atoms with Crippen LogP contribution in [0.1, 0.15) is 11.3 Å². The monoisotopic (exact) mass is 189 g/mol. The van der Waals surface area contributed by atoms with Crippen molar-refractivity contribution in [2.24, 2.45) is 0 Å². The van der Waals surface area contributed by atoms with Crippen molar-refractivity contribution in [2.75, 3.05) is 0 Å². The lowest BCUT2D eigenvalue weighted by Gasteiger charge is -1.88. The third-order valence-corrected chi connectivity index (χ3v) is 2.03. The van der Waals surface area contributed by atoms with Crippen molar-refractivity contribution in [3.8, 4) is 0 Å². The Kier molecular flexibility index (Phi) is 2.43. The summed E-state index contributed by atoms with van der Waals surface area (Å²) in [5, 5.41) is 5.79. The predicted octanol–water partition coefficient (Wildman–Crippen LogP) is 2.10. The Hall–Kier alpha value is -1.55. The summed E-state index contributed by atoms with van der Waals surface area (Å²) >= 11 is 1.35. The van der Waals surface area contributed by atoms with E-state index in [0.29, 0.717) is 0 Å². The molecule has 0 saturated carbocycles. The Morgan fingerprint density at radius 3 is 3.00 bits per heavy atom. The summed E-state index contributed by atoms with van der Waals surface area (Å²) < 4.78 is 3.76. The van der Waals surface area contributed by atoms with E-state index in [0.717, 1.165) is 11.3 Å². The predicted molar refractivity (Wildman–Crippen MR) is 53.1 cm³/mol. The van der Waals surface area contributed by atoms with Crippen molar-refractivity contribution in [3.05, 3.63) is 41.2 Å². The smallest absolute Gasteiger partial charge is 0.0982 e. The van der Waals surface area contributed by atoms with Gasteiger partial charge in [-0.15, -0.1) is 5.10 Å². The summed E-state index contributed by atoms with van der Waals surface area (Å²) in [5.74, 6) is 0. The van der Waals surface area contributed by atoms with Gasteiger partial charge in [0.25, 0.3) is 0 Å². The summed E-state index contributed by atoms with van der Waals surface area (Å²) in [6, 6.07) is 3.89. The van der Waals surface area contributed by atoms with Crippen molar-refractivity contribution in [3.63, 3.8) is 0 Å². The Morgan fingerprint density at radius 1 is 1.31 bits per heavy atom. The Bertz CT molecular complexity index is 381. The minimum Gasteiger partial charge on any atom is -0.264 e. The average Bonchev–Trinajstić information content (AvgIpc) is 2.69. The molecule has 2 aromatic rings. The first kappa shape index (κ1) is 8.07. The number of rotatable bonds is 2. The van der Waals surface area contributed by atoms with Crippen LogP contribution in [0, 0.1) is 0 Å². The van der Waals surface area contributed by atoms with Gasteiger partial charge in [-0.05, 0) is 29.2 Å². The second kappa shape index (κ2) is 3.91. The lowest BCUT2D eigenvalue weighted by molar-refractivity contribution is 1.14. The fraction of sp³-hybridized carbons (Fsp3) is 0. The van der Waals surface area contributed by atoms with Gasteiger partial charge in [0.1, 0.15) is 0 Å². The van der Waals surface area contributed by atoms with Gasteiger partial charge in [-0.2, -0.15) is 0 Å². The Balaban J connectivity index is 2.15. The molecule has 0 aliphatic carbocycles. The largest absolute Gasteiger partial charge is 0.264 e. The molecule has 0 amide bonds. The second-order valence-corrected chi connectivity index (χ2v) is 3.06. The number of pyridine rings is 1. The van der Waals surface area contributed by atoms with Gasteiger partial charge in [0.05, 0.1) is 5.69 Å². The first-order valence-corrected chi connectivity index (χ1v) is 4.64. The first-order chi connectivity index (χ1) is 6.45. The molecule has 0 saturated heterocycles. The zero-order valence-corrected chi connectivity index (χ0v) is 7.61. The maximum Gasteiger partial charge on any atom is 0.0982 e. The quantitative estimate of drug-likeness (QED) is 0.726. The van der Waals surface area contributed by atoms with Crippen LogP contribution in [0.3, 0.4) is 0 Å². The van der Waals surface area contributed by atoms with E-state index in [9.17, 15) is 0 Å². The summed E-state index contributed by atoms with van der Waals surface area (Å²) in [7, 11) is 0. The third-order valence-electron chi connectivity index (χ3n) is 1.51. The molecule has 0 radical (unpaired) electrons. The molecule has 0 aliphatic rings. The van der Waals surface area contributed by atoms with Crippen LogP contribution in [0.4, 0.5) is 0 Å². The number of aromatic nitrogens is 3. The van der Waals surface area contributed by atoms with Crippen LogP contribution in [0.2, 0.25) is 0 Å². The Labute approximate surface area is 79.9 Å². The van der Waals surface area contributed by atoms with E-state index in [1.54, 1.807) is 12.4 Å². The van der Waals surface area contributed by atoms with Crippen LogP contribution in [-0.2, 0) is 0 Å². The highest BCUT2D eigenvalue weighted by Crippen LogP contribution is 2.05. The van der Waals surface area contributed by atoms with E-state index < -0.39 is 0 Å². The molecular weight excluding hydrogens is 182 g/mol. The molecule has 0 fully saturated rings. The molecule has 0 aliphatic heterocycles. The lowest BCUT2D eigenvalue weighted by atomic mass is 10.2. The van der Waals surface area contributed by atoms with Crippen LogP contribution in [0.5, 0.6) is 0 Å². The van der Waals surface area contributed by atoms with Crippen LogP contribution >= 0.6 is 11.5 Å². The molecule has 2 rings (SSSR count). The van der Waals surface area contributed by atoms with Gasteiger partial charge in [-0.3, -0.25) is 4.98 Å². The first-order valence-electron chi connectivity index (χ1n) is 3.80. The van der Waals surface area contributed by atoms with Crippen LogP contribution < -0.4 is 0 Å². The van der Waals surface area contributed by atoms with E-state index in [1.807, 2.05) is 29.7 Å². The number of hydrogen-bond donors (Lipinski definition) is 0. The molecule has 0 spiro atoms. The minimum absolute atomic E-state index is 0.883. The molecule has 64 valence electrons. The number of nitrogens with zero attached hydrogens (tertiary/aromatic N) is 3. The molecule has 3 nitrogen and oxygen atoms in total. The summed E-state index contributed by atoms with van der Waals surface area (Å²) in [4.78, 5) is 4.00. The molecule has 0 bridgehead atoms. The molecule has 0 unspecified atom stereocenters. The van der Waals surface area contributed by atoms with Gasteiger partial charge < -0.3 is 0 Å². The molecule has 0 atom stereocenters. The standard InChI is InChI=1S/C9H7N3S/c1-2-8(6-10-5-1)3-4-9-7-13-12-11-9/h1-7H/b4-3-. The van der Waals surface area contributed by atoms with E-state index in [4.69, 9.17) is 0 Å². The molecule has 2 aromatic heterocycles. The second-order valence-electron chi connectivity index (χ2n) is 2.45. The van der Waals surface area contributed by atoms with Crippen LogP contribution in [-0.4, -0.2) is 14.6 Å². The van der Waals surface area contributed by atoms with E-state index in [1.165, 1.54) is 11.5 Å². The van der Waals surface area contributed by atoms with E-state index in [-0.39, 0.29) is 0 Å². The lowest BCUT2D eigenvalue weighted by Crippen LogP contribution is -1.74. The van der Waals surface area contributed by atoms with Crippen LogP contribution in [0.15, 0.2) is 29.9 Å². The maximum absolute atomic E-state index is 4.00. The minimum atomic E-state index is 0.883. The number of hydrogen-bond acceptors (Lipinski definition) is 4. The van der Waals surface area contributed by atoms with Crippen LogP contribution in [0.25, 0.3) is 12.2 Å². The molecule has 0 aromatic carbocycles. The van der Waals surface area contributed by atoms with E-state index in [2.05, 4.69) is 14.6 Å². The van der Waals surface area contributed by atoms with E-state index >= 15 is 0 Å². The average molecular weight is 189 g/mol. The molecule has 2 heterocycles. The van der Waals surface area contributed by atoms with Gasteiger partial charge in [-0.25, -0.2) is 0 Å². The van der Waals surface area contributed by atoms with Gasteiger partial charge in [0.2, 0.25) is 0 Å². The summed E-state index contributed by atoms with van der Waals surface area (Å²) in [5.41, 5.74) is 1.95. The highest BCUT2D eigenvalue weighted by atomic mass is 32.1. The topological polar surface area (TPSA) is 38.7 Å². The van der Waals surface area contributed by atoms with Gasteiger partial charge in [0, 0.05) is 17.8 Å². The van der Waals surface area contributed by atoms with Crippen molar-refractivity contribution in [2.45, 2.75) is 0 Å². The van der Waals surface area contributed by atoms with Gasteiger partial charge in [-0.1, -0.05) is 16.6 Å². The zero-order valence-electron chi connectivity index (χ0n) is 6.79. The van der Waals surface area contributed by atoms with Crippen molar-refractivity contribution >= 4 is 23.7 Å². The summed E-state index contributed by atoms with van der Waals surface area (Å²) in [6.45, 7) is 0. The zero-order chi connectivity index (χ0) is 8.93. The van der Waals surface area contributed by atoms with Crippen molar-refractivity contribution < 1.29 is 0 Å². The third kappa shape index (κ3) is 2.19. The molecule has 4 heteroatoms. The SMILES string of the molecule is C(=C/c1csnn1)/c1cccnc1. The fourth-order valence-corrected chi connectivity index (χ4v) is 1.32. The molecule has 0 N–H and O–H groups in total. The molecular formula is C9H7N3S. The van der Waals surface area contributed by atoms with Gasteiger partial charge >= 0.3 is 0 Å². The summed E-state index contributed by atoms with van der Waals surface area (Å²) in [6.07, 6.45) is 7.43. The van der Waals surface area contributed by atoms with Gasteiger partial charge in [0.15, 0.2) is 0 Å². The normalized spacial score (nSPS) is 10.8. The van der Waals surface area contributed by atoms with Crippen molar-refractivity contribution in [1.29, 1.82) is 0 Å². The maximum atomic E-state index is 4.00. The highest BCUT2D eigenvalue weighted by molar-refractivity contribution is 7.03. The molecule has 13 heavy (non-hydrogen) atoms. The highest BCUT2D eigenvalue weighted by Gasteiger charge is 1.88. The fourth-order valence-electron chi connectivity index (χ4n) is 0.901.